The second-order valence-corrected chi connectivity index (χ2v) is 14.0. The van der Waals surface area contributed by atoms with E-state index in [4.69, 9.17) is 5.11 Å². The molecule has 0 aliphatic heterocycles. The Morgan fingerprint density at radius 1 is 0.600 bits per heavy atom. The van der Waals surface area contributed by atoms with Crippen molar-refractivity contribution in [3.05, 3.63) is 130 Å². The molecule has 0 saturated carbocycles. The maximum Gasteiger partial charge on any atom is 0.0585 e. The van der Waals surface area contributed by atoms with Gasteiger partial charge in [0.15, 0.2) is 0 Å². The van der Waals surface area contributed by atoms with Crippen LogP contribution in [0, 0.1) is 10.8 Å². The Bertz CT molecular complexity index is 1210. The maximum atomic E-state index is 10.1. The van der Waals surface area contributed by atoms with Crippen LogP contribution in [-0.2, 0) is 0 Å². The minimum atomic E-state index is -0.227. The molecule has 0 bridgehead atoms. The first-order valence-electron chi connectivity index (χ1n) is 16.5. The van der Waals surface area contributed by atoms with Crippen LogP contribution in [0.2, 0.25) is 0 Å². The molecule has 0 aromatic carbocycles. The number of allylic oxidation sites excluding steroid dienone is 20. The van der Waals surface area contributed by atoms with Crippen molar-refractivity contribution in [2.24, 2.45) is 10.8 Å². The van der Waals surface area contributed by atoms with Crippen LogP contribution in [0.15, 0.2) is 130 Å². The average Bonchev–Trinajstić information content (AvgIpc) is 2.89. The van der Waals surface area contributed by atoms with E-state index in [9.17, 15) is 10.2 Å². The summed E-state index contributed by atoms with van der Waals surface area (Å²) in [5.74, 6) is 0. The van der Waals surface area contributed by atoms with Crippen LogP contribution >= 0.6 is 0 Å². The highest BCUT2D eigenvalue weighted by molar-refractivity contribution is 5.39. The fourth-order valence-corrected chi connectivity index (χ4v) is 6.13. The number of rotatable bonds is 10. The summed E-state index contributed by atoms with van der Waals surface area (Å²) in [6.45, 7) is 23.5. The molecule has 0 fully saturated rings. The van der Waals surface area contributed by atoms with E-state index in [0.717, 1.165) is 25.7 Å². The van der Waals surface area contributed by atoms with Gasteiger partial charge in [0.05, 0.1) is 12.2 Å². The summed E-state index contributed by atoms with van der Waals surface area (Å²) >= 11 is 0. The highest BCUT2D eigenvalue weighted by atomic mass is 16.3. The second-order valence-electron chi connectivity index (χ2n) is 14.0. The molecule has 2 aliphatic rings. The zero-order chi connectivity index (χ0) is 34.2. The van der Waals surface area contributed by atoms with E-state index in [1.165, 1.54) is 44.6 Å². The van der Waals surface area contributed by atoms with Gasteiger partial charge in [-0.05, 0) is 96.1 Å². The lowest BCUT2D eigenvalue weighted by molar-refractivity contribution is 0.116. The molecule has 0 spiro atoms. The van der Waals surface area contributed by atoms with Crippen LogP contribution in [0.5, 0.6) is 0 Å². The molecule has 3 N–H and O–H groups in total. The molecule has 248 valence electrons. The zero-order valence-electron chi connectivity index (χ0n) is 30.1. The predicted molar refractivity (Wildman–Crippen MR) is 197 cm³/mol. The molecule has 2 atom stereocenters. The van der Waals surface area contributed by atoms with E-state index >= 15 is 0 Å². The van der Waals surface area contributed by atoms with Gasteiger partial charge in [-0.3, -0.25) is 0 Å². The van der Waals surface area contributed by atoms with E-state index in [0.29, 0.717) is 0 Å². The van der Waals surface area contributed by atoms with E-state index in [1.54, 1.807) is 6.92 Å². The van der Waals surface area contributed by atoms with Gasteiger partial charge in [-0.1, -0.05) is 146 Å². The van der Waals surface area contributed by atoms with Crippen molar-refractivity contribution in [3.8, 4) is 0 Å². The normalized spacial score (nSPS) is 23.8. The highest BCUT2D eigenvalue weighted by Gasteiger charge is 2.32. The summed E-state index contributed by atoms with van der Waals surface area (Å²) in [5, 5.41) is 27.8. The summed E-state index contributed by atoms with van der Waals surface area (Å²) in [4.78, 5) is 0. The molecule has 0 saturated heterocycles. The van der Waals surface area contributed by atoms with E-state index in [2.05, 4.69) is 154 Å². The molecule has 3 heteroatoms. The number of aliphatic hydroxyl groups is 3. The van der Waals surface area contributed by atoms with Crippen molar-refractivity contribution in [2.75, 3.05) is 6.61 Å². The quantitative estimate of drug-likeness (QED) is 0.215. The van der Waals surface area contributed by atoms with Crippen molar-refractivity contribution in [1.82, 2.24) is 0 Å². The van der Waals surface area contributed by atoms with Gasteiger partial charge in [0.1, 0.15) is 0 Å². The molecular weight excluding hydrogens is 552 g/mol. The molecule has 0 heterocycles. The van der Waals surface area contributed by atoms with Crippen LogP contribution in [0.4, 0.5) is 0 Å². The van der Waals surface area contributed by atoms with Gasteiger partial charge < -0.3 is 15.3 Å². The predicted octanol–water partition coefficient (Wildman–Crippen LogP) is 10.5. The minimum Gasteiger partial charge on any atom is -0.397 e. The monoisotopic (exact) mass is 614 g/mol. The van der Waals surface area contributed by atoms with Crippen LogP contribution in [0.3, 0.4) is 0 Å². The largest absolute Gasteiger partial charge is 0.397 e. The first-order valence-corrected chi connectivity index (χ1v) is 16.5. The van der Waals surface area contributed by atoms with Gasteiger partial charge >= 0.3 is 0 Å². The van der Waals surface area contributed by atoms with Crippen molar-refractivity contribution in [2.45, 2.75) is 114 Å². The topological polar surface area (TPSA) is 60.7 Å². The first kappa shape index (κ1) is 40.0. The third kappa shape index (κ3) is 15.2. The average molecular weight is 615 g/mol. The van der Waals surface area contributed by atoms with E-state index in [-0.39, 0.29) is 29.6 Å². The molecular formula is C42H62O3. The molecule has 0 unspecified atom stereocenters. The van der Waals surface area contributed by atoms with Crippen LogP contribution < -0.4 is 0 Å². The smallest absolute Gasteiger partial charge is 0.0585 e. The van der Waals surface area contributed by atoms with Crippen molar-refractivity contribution in [3.63, 3.8) is 0 Å². The Morgan fingerprint density at radius 3 is 1.20 bits per heavy atom. The van der Waals surface area contributed by atoms with Gasteiger partial charge in [-0.15, -0.1) is 0 Å². The highest BCUT2D eigenvalue weighted by Crippen LogP contribution is 2.42. The summed E-state index contributed by atoms with van der Waals surface area (Å²) in [6, 6.07) is 0. The SMILES string of the molecule is CC1=C(/C=C/C(C)=C/C=C/C(C)=C/C=C/C=C(C)/C=C/C=C(C)/C=C/C2=C(C)C[C@@H](O)CC2(C)C)C(C)(C)C[C@H](O)C1.CCO. The number of hydrogen-bond donors (Lipinski definition) is 3. The number of aliphatic hydroxyl groups excluding tert-OH is 3. The maximum absolute atomic E-state index is 10.1. The van der Waals surface area contributed by atoms with Crippen LogP contribution in [0.1, 0.15) is 102 Å². The van der Waals surface area contributed by atoms with Crippen LogP contribution in [-0.4, -0.2) is 34.1 Å². The Hall–Kier alpha value is -2.98. The summed E-state index contributed by atoms with van der Waals surface area (Å²) in [7, 11) is 0. The van der Waals surface area contributed by atoms with Crippen LogP contribution in [0.25, 0.3) is 0 Å². The Balaban J connectivity index is 0.00000324. The van der Waals surface area contributed by atoms with Gasteiger partial charge in [0.2, 0.25) is 0 Å². The summed E-state index contributed by atoms with van der Waals surface area (Å²) in [5.41, 5.74) is 10.1. The third-order valence-electron chi connectivity index (χ3n) is 8.24. The zero-order valence-corrected chi connectivity index (χ0v) is 30.1. The standard InChI is InChI=1S/C40H56O2.C2H6O/c1-29(17-13-19-31(3)21-23-37-33(5)25-35(41)27-39(37,7)8)15-11-12-16-30(2)18-14-20-32(4)22-24-38-34(6)26-36(42)28-40(38,9)10;1-2-3/h11-24,35-36,41-42H,25-28H2,1-10H3;3H,2H2,1H3/b12-11+,17-13+,18-14+,23-21+,24-22+,29-15+,30-16+,31-19+,32-20+;/t35-,36-;/m1./s1. The summed E-state index contributed by atoms with van der Waals surface area (Å²) in [6.07, 6.45) is 32.6. The Labute approximate surface area is 275 Å². The fourth-order valence-electron chi connectivity index (χ4n) is 6.13. The molecule has 2 aliphatic carbocycles. The summed E-state index contributed by atoms with van der Waals surface area (Å²) < 4.78 is 0. The molecule has 0 aromatic heterocycles. The molecule has 3 nitrogen and oxygen atoms in total. The molecule has 0 radical (unpaired) electrons. The molecule has 2 rings (SSSR count). The van der Waals surface area contributed by atoms with Gasteiger partial charge in [0.25, 0.3) is 0 Å². The van der Waals surface area contributed by atoms with E-state index in [1.807, 2.05) is 0 Å². The minimum absolute atomic E-state index is 0.00547. The Kier molecular flexibility index (Phi) is 17.4. The van der Waals surface area contributed by atoms with Crippen molar-refractivity contribution >= 4 is 0 Å². The van der Waals surface area contributed by atoms with E-state index < -0.39 is 0 Å². The van der Waals surface area contributed by atoms with Gasteiger partial charge in [-0.2, -0.15) is 0 Å². The second kappa shape index (κ2) is 19.5. The van der Waals surface area contributed by atoms with Gasteiger partial charge in [-0.25, -0.2) is 0 Å². The molecule has 45 heavy (non-hydrogen) atoms. The lowest BCUT2D eigenvalue weighted by atomic mass is 9.71. The van der Waals surface area contributed by atoms with Gasteiger partial charge in [0, 0.05) is 6.61 Å². The molecule has 0 amide bonds. The lowest BCUT2D eigenvalue weighted by Crippen LogP contribution is -2.28. The Morgan fingerprint density at radius 2 is 0.889 bits per heavy atom. The first-order chi connectivity index (χ1) is 21.0. The fraction of sp³-hybridized carbons (Fsp3) is 0.476. The lowest BCUT2D eigenvalue weighted by Gasteiger charge is -2.35. The van der Waals surface area contributed by atoms with Crippen molar-refractivity contribution in [1.29, 1.82) is 0 Å². The third-order valence-corrected chi connectivity index (χ3v) is 8.24. The van der Waals surface area contributed by atoms with Crippen molar-refractivity contribution < 1.29 is 15.3 Å². The molecule has 0 aromatic rings. The number of hydrogen-bond acceptors (Lipinski definition) is 3.